The van der Waals surface area contributed by atoms with Gasteiger partial charge in [-0.1, -0.05) is 40.6 Å². The summed E-state index contributed by atoms with van der Waals surface area (Å²) in [6, 6.07) is 17.5. The minimum atomic E-state index is -3.85. The van der Waals surface area contributed by atoms with E-state index in [0.29, 0.717) is 34.6 Å². The Bertz CT molecular complexity index is 1550. The van der Waals surface area contributed by atoms with Crippen molar-refractivity contribution in [3.05, 3.63) is 87.1 Å². The first-order chi connectivity index (χ1) is 16.8. The van der Waals surface area contributed by atoms with Gasteiger partial charge in [-0.05, 0) is 67.6 Å². The van der Waals surface area contributed by atoms with Crippen molar-refractivity contribution in [2.24, 2.45) is 4.99 Å². The van der Waals surface area contributed by atoms with Crippen molar-refractivity contribution in [3.8, 4) is 0 Å². The Kier molecular flexibility index (Phi) is 7.93. The number of carbonyl (C=O) groups is 1. The van der Waals surface area contributed by atoms with Crippen molar-refractivity contribution in [3.63, 3.8) is 0 Å². The topological polar surface area (TPSA) is 89.8 Å². The molecule has 0 aliphatic heterocycles. The molecule has 0 spiro atoms. The first kappa shape index (κ1) is 25.4. The van der Waals surface area contributed by atoms with Crippen LogP contribution in [0.25, 0.3) is 10.2 Å². The minimum Gasteiger partial charge on any atom is -0.380 e. The summed E-state index contributed by atoms with van der Waals surface area (Å²) >= 11 is 13.3. The van der Waals surface area contributed by atoms with Crippen LogP contribution in [-0.2, 0) is 21.3 Å². The van der Waals surface area contributed by atoms with Crippen LogP contribution < -0.4 is 9.52 Å². The van der Waals surface area contributed by atoms with Crippen LogP contribution in [0.5, 0.6) is 0 Å². The lowest BCUT2D eigenvalue weighted by Gasteiger charge is -2.09. The molecule has 3 aromatic carbocycles. The van der Waals surface area contributed by atoms with E-state index < -0.39 is 15.9 Å². The first-order valence-corrected chi connectivity index (χ1v) is 13.7. The van der Waals surface area contributed by atoms with Gasteiger partial charge in [0.25, 0.3) is 15.9 Å². The number of nitrogens with zero attached hydrogens (tertiary/aromatic N) is 2. The van der Waals surface area contributed by atoms with Gasteiger partial charge in [-0.15, -0.1) is 0 Å². The molecule has 1 N–H and O–H groups in total. The molecule has 0 saturated heterocycles. The zero-order chi connectivity index (χ0) is 25.0. The second-order valence-electron chi connectivity index (χ2n) is 7.40. The monoisotopic (exact) mass is 549 g/mol. The summed E-state index contributed by atoms with van der Waals surface area (Å²) in [6.07, 6.45) is 0. The van der Waals surface area contributed by atoms with Gasteiger partial charge in [-0.3, -0.25) is 9.52 Å². The van der Waals surface area contributed by atoms with Crippen molar-refractivity contribution in [2.45, 2.75) is 18.4 Å². The van der Waals surface area contributed by atoms with E-state index in [0.717, 1.165) is 10.2 Å². The molecule has 7 nitrogen and oxygen atoms in total. The third-order valence-corrected chi connectivity index (χ3v) is 7.92. The predicted molar refractivity (Wildman–Crippen MR) is 140 cm³/mol. The van der Waals surface area contributed by atoms with Crippen LogP contribution in [0, 0.1) is 0 Å². The zero-order valence-corrected chi connectivity index (χ0v) is 21.7. The van der Waals surface area contributed by atoms with E-state index in [1.807, 2.05) is 23.6 Å². The Balaban J connectivity index is 1.65. The van der Waals surface area contributed by atoms with Gasteiger partial charge in [-0.2, -0.15) is 4.99 Å². The minimum absolute atomic E-state index is 0.0580. The van der Waals surface area contributed by atoms with E-state index in [9.17, 15) is 13.2 Å². The van der Waals surface area contributed by atoms with Gasteiger partial charge < -0.3 is 9.30 Å². The summed E-state index contributed by atoms with van der Waals surface area (Å²) in [4.78, 5) is 17.9. The highest BCUT2D eigenvalue weighted by atomic mass is 35.5. The number of hydrogen-bond acceptors (Lipinski definition) is 5. The quantitative estimate of drug-likeness (QED) is 0.290. The number of nitrogens with one attached hydrogen (secondary N) is 1. The number of rotatable bonds is 8. The van der Waals surface area contributed by atoms with Crippen molar-refractivity contribution in [1.29, 1.82) is 0 Å². The summed E-state index contributed by atoms with van der Waals surface area (Å²) in [7, 11) is -3.85. The van der Waals surface area contributed by atoms with Gasteiger partial charge in [0.1, 0.15) is 0 Å². The molecule has 1 amide bonds. The largest absolute Gasteiger partial charge is 0.380 e. The fourth-order valence-corrected chi connectivity index (χ4v) is 5.85. The molecular weight excluding hydrogens is 529 g/mol. The first-order valence-electron chi connectivity index (χ1n) is 10.6. The van der Waals surface area contributed by atoms with E-state index in [1.54, 1.807) is 24.3 Å². The second-order valence-corrected chi connectivity index (χ2v) is 11.0. The molecule has 35 heavy (non-hydrogen) atoms. The Morgan fingerprint density at radius 2 is 1.80 bits per heavy atom. The van der Waals surface area contributed by atoms with E-state index in [2.05, 4.69) is 9.71 Å². The molecular formula is C24H21Cl2N3O4S2. The number of anilines is 1. The number of thiazole rings is 1. The summed E-state index contributed by atoms with van der Waals surface area (Å²) in [5.74, 6) is -0.500. The lowest BCUT2D eigenvalue weighted by molar-refractivity contribution is 0.0996. The van der Waals surface area contributed by atoms with Crippen LogP contribution in [0.1, 0.15) is 17.3 Å². The van der Waals surface area contributed by atoms with Gasteiger partial charge in [0.05, 0.1) is 21.7 Å². The lowest BCUT2D eigenvalue weighted by Crippen LogP contribution is -2.20. The van der Waals surface area contributed by atoms with Gasteiger partial charge in [0.2, 0.25) is 0 Å². The average Bonchev–Trinajstić information content (AvgIpc) is 3.15. The van der Waals surface area contributed by atoms with Gasteiger partial charge in [-0.25, -0.2) is 8.42 Å². The van der Waals surface area contributed by atoms with Crippen molar-refractivity contribution in [2.75, 3.05) is 17.9 Å². The SMILES string of the molecule is CCOCCn1c(=NC(=O)c2cccc(NS(=O)(=O)c3ccc(Cl)cc3)c2)sc2cc(Cl)ccc21. The van der Waals surface area contributed by atoms with Gasteiger partial charge in [0.15, 0.2) is 4.80 Å². The number of benzene rings is 3. The molecule has 0 aliphatic rings. The average molecular weight is 550 g/mol. The standard InChI is InChI=1S/C24H21Cl2N3O4S2/c1-2-33-13-12-29-21-11-8-18(26)15-22(21)34-24(29)27-23(30)16-4-3-5-19(14-16)28-35(31,32)20-9-6-17(25)7-10-20/h3-11,14-15,28H,2,12-13H2,1H3. The molecule has 0 bridgehead atoms. The van der Waals surface area contributed by atoms with Crippen molar-refractivity contribution in [1.82, 2.24) is 4.57 Å². The Morgan fingerprint density at radius 1 is 1.06 bits per heavy atom. The van der Waals surface area contributed by atoms with Crippen LogP contribution in [0.3, 0.4) is 0 Å². The van der Waals surface area contributed by atoms with Crippen LogP contribution >= 0.6 is 34.5 Å². The predicted octanol–water partition coefficient (Wildman–Crippen LogP) is 5.59. The number of hydrogen-bond donors (Lipinski definition) is 1. The number of amides is 1. The summed E-state index contributed by atoms with van der Waals surface area (Å²) in [5.41, 5.74) is 1.39. The van der Waals surface area contributed by atoms with E-state index in [1.165, 1.54) is 41.7 Å². The Morgan fingerprint density at radius 3 is 2.54 bits per heavy atom. The fourth-order valence-electron chi connectivity index (χ4n) is 3.34. The third-order valence-electron chi connectivity index (χ3n) is 4.99. The molecule has 0 atom stereocenters. The van der Waals surface area contributed by atoms with Crippen LogP contribution in [0.4, 0.5) is 5.69 Å². The van der Waals surface area contributed by atoms with Crippen LogP contribution in [0.2, 0.25) is 10.0 Å². The van der Waals surface area contributed by atoms with Gasteiger partial charge >= 0.3 is 0 Å². The molecule has 0 radical (unpaired) electrons. The number of carbonyl (C=O) groups excluding carboxylic acids is 1. The Hall–Kier alpha value is -2.69. The van der Waals surface area contributed by atoms with Crippen molar-refractivity contribution >= 4 is 66.4 Å². The molecule has 0 fully saturated rings. The number of sulfonamides is 1. The van der Waals surface area contributed by atoms with Crippen LogP contribution in [-0.4, -0.2) is 32.1 Å². The number of aromatic nitrogens is 1. The molecule has 4 aromatic rings. The number of halogens is 2. The molecule has 1 aromatic heterocycles. The maximum Gasteiger partial charge on any atom is 0.279 e. The van der Waals surface area contributed by atoms with Gasteiger partial charge in [0, 0.05) is 34.4 Å². The maximum absolute atomic E-state index is 13.0. The highest BCUT2D eigenvalue weighted by Gasteiger charge is 2.16. The van der Waals surface area contributed by atoms with E-state index in [-0.39, 0.29) is 16.1 Å². The summed E-state index contributed by atoms with van der Waals surface area (Å²) in [5, 5.41) is 1.02. The second kappa shape index (κ2) is 10.9. The molecule has 0 aliphatic carbocycles. The van der Waals surface area contributed by atoms with Crippen molar-refractivity contribution < 1.29 is 17.9 Å². The lowest BCUT2D eigenvalue weighted by atomic mass is 10.2. The zero-order valence-electron chi connectivity index (χ0n) is 18.6. The summed E-state index contributed by atoms with van der Waals surface area (Å²) in [6.45, 7) is 3.48. The number of ether oxygens (including phenoxy) is 1. The summed E-state index contributed by atoms with van der Waals surface area (Å²) < 4.78 is 36.2. The van der Waals surface area contributed by atoms with E-state index >= 15 is 0 Å². The molecule has 1 heterocycles. The third kappa shape index (κ3) is 6.12. The van der Waals surface area contributed by atoms with Crippen LogP contribution in [0.15, 0.2) is 76.6 Å². The molecule has 0 saturated carbocycles. The highest BCUT2D eigenvalue weighted by Crippen LogP contribution is 2.23. The highest BCUT2D eigenvalue weighted by molar-refractivity contribution is 7.92. The molecule has 11 heteroatoms. The molecule has 0 unspecified atom stereocenters. The molecule has 4 rings (SSSR count). The fraction of sp³-hybridized carbons (Fsp3) is 0.167. The molecule has 182 valence electrons. The van der Waals surface area contributed by atoms with E-state index in [4.69, 9.17) is 27.9 Å². The maximum atomic E-state index is 13.0. The number of fused-ring (bicyclic) bond motifs is 1. The smallest absolute Gasteiger partial charge is 0.279 e. The Labute approximate surface area is 216 Å². The normalized spacial score (nSPS) is 12.3.